The zero-order chi connectivity index (χ0) is 16.9. The van der Waals surface area contributed by atoms with Gasteiger partial charge in [0.1, 0.15) is 0 Å². The normalized spacial score (nSPS) is 13.2. The van der Waals surface area contributed by atoms with Crippen LogP contribution < -0.4 is 10.6 Å². The first kappa shape index (κ1) is 19.7. The lowest BCUT2D eigenvalue weighted by molar-refractivity contribution is -0.115. The summed E-state index contributed by atoms with van der Waals surface area (Å²) >= 11 is 1.52. The first-order valence-electron chi connectivity index (χ1n) is 8.19. The molecule has 2 N–H and O–H groups in total. The zero-order valence-corrected chi connectivity index (χ0v) is 16.0. The van der Waals surface area contributed by atoms with Gasteiger partial charge in [-0.3, -0.25) is 4.79 Å². The van der Waals surface area contributed by atoms with Gasteiger partial charge in [-0.15, -0.1) is 12.4 Å². The molecule has 1 fully saturated rings. The molecule has 1 heterocycles. The molecule has 0 unspecified atom stereocenters. The Balaban J connectivity index is 0.00000225. The number of aryl methyl sites for hydroxylation is 2. The Hall–Kier alpha value is -1.63. The third-order valence-corrected chi connectivity index (χ3v) is 4.60. The Morgan fingerprint density at radius 3 is 2.40 bits per heavy atom. The zero-order valence-electron chi connectivity index (χ0n) is 14.4. The second-order valence-corrected chi connectivity index (χ2v) is 7.22. The molecule has 1 amide bonds. The van der Waals surface area contributed by atoms with E-state index in [2.05, 4.69) is 20.6 Å². The Morgan fingerprint density at radius 2 is 1.80 bits per heavy atom. The highest BCUT2D eigenvalue weighted by Gasteiger charge is 2.20. The van der Waals surface area contributed by atoms with Crippen LogP contribution in [-0.2, 0) is 4.79 Å². The van der Waals surface area contributed by atoms with Gasteiger partial charge in [0.15, 0.2) is 5.16 Å². The SMILES string of the molecule is Cc1cc(C)nc(Sc2ccc(NC(=O)CNCC3CC3)cc2)n1.Cl. The van der Waals surface area contributed by atoms with Crippen molar-refractivity contribution in [3.8, 4) is 0 Å². The van der Waals surface area contributed by atoms with Crippen LogP contribution in [0.1, 0.15) is 24.2 Å². The van der Waals surface area contributed by atoms with Crippen LogP contribution in [0.3, 0.4) is 0 Å². The van der Waals surface area contributed by atoms with E-state index in [-0.39, 0.29) is 18.3 Å². The smallest absolute Gasteiger partial charge is 0.238 e. The average Bonchev–Trinajstić information content (AvgIpc) is 3.32. The highest BCUT2D eigenvalue weighted by atomic mass is 35.5. The first-order chi connectivity index (χ1) is 11.6. The van der Waals surface area contributed by atoms with Crippen molar-refractivity contribution in [3.05, 3.63) is 41.7 Å². The maximum Gasteiger partial charge on any atom is 0.238 e. The number of carbonyl (C=O) groups is 1. The predicted octanol–water partition coefficient (Wildman–Crippen LogP) is 3.60. The third kappa shape index (κ3) is 6.65. The number of hydrogen-bond acceptors (Lipinski definition) is 5. The summed E-state index contributed by atoms with van der Waals surface area (Å²) in [7, 11) is 0. The van der Waals surface area contributed by atoms with Crippen LogP contribution in [0, 0.1) is 19.8 Å². The molecule has 5 nitrogen and oxygen atoms in total. The number of anilines is 1. The van der Waals surface area contributed by atoms with Crippen LogP contribution in [0.25, 0.3) is 0 Å². The number of carbonyl (C=O) groups excluding carboxylic acids is 1. The lowest BCUT2D eigenvalue weighted by Gasteiger charge is -2.07. The quantitative estimate of drug-likeness (QED) is 0.720. The molecule has 1 aromatic carbocycles. The molecule has 134 valence electrons. The molecular formula is C18H23ClN4OS. The lowest BCUT2D eigenvalue weighted by Crippen LogP contribution is -2.29. The van der Waals surface area contributed by atoms with E-state index in [0.717, 1.165) is 39.6 Å². The molecule has 0 aliphatic heterocycles. The molecule has 0 atom stereocenters. The van der Waals surface area contributed by atoms with E-state index in [9.17, 15) is 4.79 Å². The van der Waals surface area contributed by atoms with Gasteiger partial charge in [0.05, 0.1) is 6.54 Å². The topological polar surface area (TPSA) is 66.9 Å². The molecule has 25 heavy (non-hydrogen) atoms. The molecular weight excluding hydrogens is 356 g/mol. The fraction of sp³-hybridized carbons (Fsp3) is 0.389. The minimum absolute atomic E-state index is 0. The second-order valence-electron chi connectivity index (χ2n) is 6.18. The number of halogens is 1. The minimum Gasteiger partial charge on any atom is -0.325 e. The summed E-state index contributed by atoms with van der Waals surface area (Å²) in [6.07, 6.45) is 2.58. The van der Waals surface area contributed by atoms with E-state index in [1.807, 2.05) is 44.2 Å². The molecule has 1 aromatic heterocycles. The second kappa shape index (κ2) is 9.17. The van der Waals surface area contributed by atoms with Gasteiger partial charge in [0, 0.05) is 22.0 Å². The van der Waals surface area contributed by atoms with E-state index in [1.54, 1.807) is 0 Å². The predicted molar refractivity (Wildman–Crippen MR) is 104 cm³/mol. The van der Waals surface area contributed by atoms with Gasteiger partial charge >= 0.3 is 0 Å². The summed E-state index contributed by atoms with van der Waals surface area (Å²) in [6, 6.07) is 9.71. The van der Waals surface area contributed by atoms with Crippen LogP contribution in [0.2, 0.25) is 0 Å². The van der Waals surface area contributed by atoms with Gasteiger partial charge in [-0.1, -0.05) is 0 Å². The van der Waals surface area contributed by atoms with Crippen LogP contribution >= 0.6 is 24.2 Å². The van der Waals surface area contributed by atoms with Crippen molar-refractivity contribution in [1.29, 1.82) is 0 Å². The van der Waals surface area contributed by atoms with E-state index in [4.69, 9.17) is 0 Å². The molecule has 2 aromatic rings. The molecule has 1 aliphatic carbocycles. The van der Waals surface area contributed by atoms with Gasteiger partial charge in [-0.2, -0.15) is 0 Å². The summed E-state index contributed by atoms with van der Waals surface area (Å²) < 4.78 is 0. The standard InChI is InChI=1S/C18H22N4OS.ClH/c1-12-9-13(2)21-18(20-12)24-16-7-5-15(6-8-16)22-17(23)11-19-10-14-3-4-14;/h5-9,14,19H,3-4,10-11H2,1-2H3,(H,22,23);1H. The molecule has 1 saturated carbocycles. The van der Waals surface area contributed by atoms with Gasteiger partial charge in [0.2, 0.25) is 5.91 Å². The van der Waals surface area contributed by atoms with Crippen molar-refractivity contribution >= 4 is 35.8 Å². The Kier molecular flexibility index (Phi) is 7.23. The monoisotopic (exact) mass is 378 g/mol. The minimum atomic E-state index is -0.00584. The van der Waals surface area contributed by atoms with E-state index < -0.39 is 0 Å². The van der Waals surface area contributed by atoms with Crippen molar-refractivity contribution in [2.45, 2.75) is 36.7 Å². The number of nitrogens with one attached hydrogen (secondary N) is 2. The molecule has 0 spiro atoms. The summed E-state index contributed by atoms with van der Waals surface area (Å²) in [4.78, 5) is 21.8. The van der Waals surface area contributed by atoms with Crippen molar-refractivity contribution < 1.29 is 4.79 Å². The van der Waals surface area contributed by atoms with Crippen molar-refractivity contribution in [2.75, 3.05) is 18.4 Å². The van der Waals surface area contributed by atoms with Gasteiger partial charge < -0.3 is 10.6 Å². The number of nitrogens with zero attached hydrogens (tertiary/aromatic N) is 2. The summed E-state index contributed by atoms with van der Waals surface area (Å²) in [5.41, 5.74) is 2.74. The van der Waals surface area contributed by atoms with Crippen LogP contribution in [0.5, 0.6) is 0 Å². The van der Waals surface area contributed by atoms with E-state index in [0.29, 0.717) is 6.54 Å². The molecule has 0 radical (unpaired) electrons. The summed E-state index contributed by atoms with van der Waals surface area (Å²) in [6.45, 7) is 5.24. The fourth-order valence-electron chi connectivity index (χ4n) is 2.37. The number of aromatic nitrogens is 2. The molecule has 0 bridgehead atoms. The Bertz CT molecular complexity index is 699. The Morgan fingerprint density at radius 1 is 1.16 bits per heavy atom. The first-order valence-corrected chi connectivity index (χ1v) is 9.01. The molecule has 3 rings (SSSR count). The highest BCUT2D eigenvalue weighted by molar-refractivity contribution is 7.99. The van der Waals surface area contributed by atoms with Crippen molar-refractivity contribution in [1.82, 2.24) is 15.3 Å². The maximum atomic E-state index is 11.9. The number of benzene rings is 1. The van der Waals surface area contributed by atoms with Gasteiger partial charge in [0.25, 0.3) is 0 Å². The largest absolute Gasteiger partial charge is 0.325 e. The van der Waals surface area contributed by atoms with Crippen LogP contribution in [-0.4, -0.2) is 29.0 Å². The molecule has 1 aliphatic rings. The maximum absolute atomic E-state index is 11.9. The fourth-order valence-corrected chi connectivity index (χ4v) is 3.23. The third-order valence-electron chi connectivity index (χ3n) is 3.72. The van der Waals surface area contributed by atoms with Crippen molar-refractivity contribution in [2.24, 2.45) is 5.92 Å². The number of amides is 1. The summed E-state index contributed by atoms with van der Waals surface area (Å²) in [5, 5.41) is 6.84. The molecule has 7 heteroatoms. The van der Waals surface area contributed by atoms with Crippen molar-refractivity contribution in [3.63, 3.8) is 0 Å². The van der Waals surface area contributed by atoms with Crippen LogP contribution in [0.4, 0.5) is 5.69 Å². The molecule has 0 saturated heterocycles. The number of hydrogen-bond donors (Lipinski definition) is 2. The summed E-state index contributed by atoms with van der Waals surface area (Å²) in [5.74, 6) is 0.773. The van der Waals surface area contributed by atoms with E-state index >= 15 is 0 Å². The average molecular weight is 379 g/mol. The lowest BCUT2D eigenvalue weighted by atomic mass is 10.3. The van der Waals surface area contributed by atoms with Gasteiger partial charge in [-0.25, -0.2) is 9.97 Å². The van der Waals surface area contributed by atoms with Gasteiger partial charge in [-0.05, 0) is 81.2 Å². The Labute approximate surface area is 158 Å². The highest BCUT2D eigenvalue weighted by Crippen LogP contribution is 2.27. The number of rotatable bonds is 7. The van der Waals surface area contributed by atoms with Crippen LogP contribution in [0.15, 0.2) is 40.4 Å². The van der Waals surface area contributed by atoms with E-state index in [1.165, 1.54) is 24.6 Å².